The van der Waals surface area contributed by atoms with Gasteiger partial charge in [0.2, 0.25) is 0 Å². The molecular weight excluding hydrogens is 473 g/mol. The highest BCUT2D eigenvalue weighted by atomic mass is 127. The van der Waals surface area contributed by atoms with E-state index in [4.69, 9.17) is 4.99 Å². The molecule has 7 heteroatoms. The fraction of sp³-hybridized carbons (Fsp3) is 0.950. The molecule has 1 heterocycles. The lowest BCUT2D eigenvalue weighted by molar-refractivity contribution is 0.351. The monoisotopic (exact) mass is 509 g/mol. The Morgan fingerprint density at radius 3 is 2.41 bits per heavy atom. The SMILES string of the molecule is I.O=S1(=O)CCC(CN=C(NCC2CCCCC2)NC2CC3CCC2C3)C1. The minimum absolute atomic E-state index is 0. The zero-order valence-corrected chi connectivity index (χ0v) is 19.5. The van der Waals surface area contributed by atoms with Gasteiger partial charge in [-0.1, -0.05) is 25.7 Å². The third-order valence-corrected chi connectivity index (χ3v) is 9.01. The van der Waals surface area contributed by atoms with E-state index >= 15 is 0 Å². The van der Waals surface area contributed by atoms with E-state index in [0.717, 1.165) is 36.7 Å². The zero-order chi connectivity index (χ0) is 18.0. The van der Waals surface area contributed by atoms with E-state index in [0.29, 0.717) is 24.1 Å². The molecule has 2 bridgehead atoms. The summed E-state index contributed by atoms with van der Waals surface area (Å²) in [6.45, 7) is 1.65. The smallest absolute Gasteiger partial charge is 0.191 e. The van der Waals surface area contributed by atoms with Crippen LogP contribution in [0.5, 0.6) is 0 Å². The first-order valence-electron chi connectivity index (χ1n) is 10.8. The Bertz CT molecular complexity index is 619. The van der Waals surface area contributed by atoms with Crippen molar-refractivity contribution in [2.45, 2.75) is 70.3 Å². The highest BCUT2D eigenvalue weighted by molar-refractivity contribution is 14.0. The number of hydrogen-bond donors (Lipinski definition) is 2. The molecule has 4 atom stereocenters. The highest BCUT2D eigenvalue weighted by Crippen LogP contribution is 2.44. The lowest BCUT2D eigenvalue weighted by Crippen LogP contribution is -2.47. The molecule has 27 heavy (non-hydrogen) atoms. The summed E-state index contributed by atoms with van der Waals surface area (Å²) in [6.07, 6.45) is 13.0. The third-order valence-electron chi connectivity index (χ3n) is 7.18. The van der Waals surface area contributed by atoms with Gasteiger partial charge in [-0.25, -0.2) is 8.42 Å². The van der Waals surface area contributed by atoms with Crippen molar-refractivity contribution in [2.24, 2.45) is 28.7 Å². The molecule has 2 N–H and O–H groups in total. The maximum Gasteiger partial charge on any atom is 0.191 e. The molecule has 0 aromatic rings. The summed E-state index contributed by atoms with van der Waals surface area (Å²) in [5, 5.41) is 7.33. The van der Waals surface area contributed by atoms with Crippen LogP contribution in [0, 0.1) is 23.7 Å². The third kappa shape index (κ3) is 5.97. The Morgan fingerprint density at radius 2 is 1.78 bits per heavy atom. The lowest BCUT2D eigenvalue weighted by atomic mass is 9.89. The van der Waals surface area contributed by atoms with Crippen LogP contribution in [0.3, 0.4) is 0 Å². The molecular formula is C20H36IN3O2S. The molecule has 156 valence electrons. The molecule has 1 saturated heterocycles. The summed E-state index contributed by atoms with van der Waals surface area (Å²) in [6, 6.07) is 0.568. The van der Waals surface area contributed by atoms with Crippen molar-refractivity contribution in [1.82, 2.24) is 10.6 Å². The Balaban J connectivity index is 0.00000210. The fourth-order valence-corrected chi connectivity index (χ4v) is 7.47. The van der Waals surface area contributed by atoms with E-state index in [1.807, 2.05) is 0 Å². The van der Waals surface area contributed by atoms with Gasteiger partial charge in [-0.3, -0.25) is 4.99 Å². The summed E-state index contributed by atoms with van der Waals surface area (Å²) < 4.78 is 23.4. The van der Waals surface area contributed by atoms with Crippen LogP contribution >= 0.6 is 24.0 Å². The quantitative estimate of drug-likeness (QED) is 0.339. The number of sulfone groups is 1. The van der Waals surface area contributed by atoms with Gasteiger partial charge in [-0.05, 0) is 62.2 Å². The summed E-state index contributed by atoms with van der Waals surface area (Å²) >= 11 is 0. The van der Waals surface area contributed by atoms with E-state index in [9.17, 15) is 8.42 Å². The summed E-state index contributed by atoms with van der Waals surface area (Å²) in [5.74, 6) is 4.30. The van der Waals surface area contributed by atoms with Gasteiger partial charge in [-0.15, -0.1) is 24.0 Å². The van der Waals surface area contributed by atoms with Crippen molar-refractivity contribution in [3.05, 3.63) is 0 Å². The van der Waals surface area contributed by atoms with Crippen LogP contribution in [-0.2, 0) is 9.84 Å². The van der Waals surface area contributed by atoms with Crippen LogP contribution in [0.15, 0.2) is 4.99 Å². The molecule has 3 aliphatic carbocycles. The van der Waals surface area contributed by atoms with Crippen LogP contribution in [0.1, 0.15) is 64.2 Å². The Morgan fingerprint density at radius 1 is 0.963 bits per heavy atom. The molecule has 5 nitrogen and oxygen atoms in total. The summed E-state index contributed by atoms with van der Waals surface area (Å²) in [5.41, 5.74) is 0. The predicted molar refractivity (Wildman–Crippen MR) is 121 cm³/mol. The highest BCUT2D eigenvalue weighted by Gasteiger charge is 2.40. The van der Waals surface area contributed by atoms with Crippen molar-refractivity contribution < 1.29 is 8.42 Å². The maximum absolute atomic E-state index is 11.7. The number of hydrogen-bond acceptors (Lipinski definition) is 3. The molecule has 0 aromatic carbocycles. The number of aliphatic imine (C=N–C) groups is 1. The number of rotatable bonds is 5. The first-order valence-corrected chi connectivity index (χ1v) is 12.6. The second-order valence-electron chi connectivity index (χ2n) is 9.27. The second-order valence-corrected chi connectivity index (χ2v) is 11.5. The Kier molecular flexibility index (Phi) is 7.73. The Labute approximate surface area is 181 Å². The van der Waals surface area contributed by atoms with Gasteiger partial charge in [-0.2, -0.15) is 0 Å². The largest absolute Gasteiger partial charge is 0.356 e. The van der Waals surface area contributed by atoms with Crippen LogP contribution in [0.2, 0.25) is 0 Å². The number of nitrogens with one attached hydrogen (secondary N) is 2. The minimum Gasteiger partial charge on any atom is -0.356 e. The summed E-state index contributed by atoms with van der Waals surface area (Å²) in [7, 11) is -2.81. The van der Waals surface area contributed by atoms with Crippen molar-refractivity contribution in [3.8, 4) is 0 Å². The van der Waals surface area contributed by atoms with E-state index < -0.39 is 9.84 Å². The normalized spacial score (nSPS) is 35.8. The van der Waals surface area contributed by atoms with Crippen LogP contribution in [-0.4, -0.2) is 45.0 Å². The zero-order valence-electron chi connectivity index (χ0n) is 16.4. The minimum atomic E-state index is -2.81. The molecule has 0 amide bonds. The van der Waals surface area contributed by atoms with Gasteiger partial charge in [0.25, 0.3) is 0 Å². The maximum atomic E-state index is 11.7. The van der Waals surface area contributed by atoms with Crippen LogP contribution in [0.4, 0.5) is 0 Å². The van der Waals surface area contributed by atoms with E-state index in [1.165, 1.54) is 57.8 Å². The number of fused-ring (bicyclic) bond motifs is 2. The van der Waals surface area contributed by atoms with Gasteiger partial charge in [0.15, 0.2) is 15.8 Å². The molecule has 4 fully saturated rings. The van der Waals surface area contributed by atoms with E-state index in [1.54, 1.807) is 0 Å². The molecule has 4 unspecified atom stereocenters. The first-order chi connectivity index (χ1) is 12.6. The van der Waals surface area contributed by atoms with Crippen LogP contribution < -0.4 is 10.6 Å². The predicted octanol–water partition coefficient (Wildman–Crippen LogP) is 3.34. The molecule has 0 aromatic heterocycles. The molecule has 4 aliphatic rings. The Hall–Kier alpha value is -0.0500. The van der Waals surface area contributed by atoms with Gasteiger partial charge in [0.05, 0.1) is 11.5 Å². The first kappa shape index (κ1) is 21.7. The molecule has 0 spiro atoms. The van der Waals surface area contributed by atoms with Crippen molar-refractivity contribution >= 4 is 39.8 Å². The van der Waals surface area contributed by atoms with Gasteiger partial charge >= 0.3 is 0 Å². The average molecular weight is 509 g/mol. The van der Waals surface area contributed by atoms with Gasteiger partial charge in [0, 0.05) is 19.1 Å². The van der Waals surface area contributed by atoms with E-state index in [-0.39, 0.29) is 29.9 Å². The average Bonchev–Trinajstić information content (AvgIpc) is 3.33. The van der Waals surface area contributed by atoms with Crippen molar-refractivity contribution in [2.75, 3.05) is 24.6 Å². The van der Waals surface area contributed by atoms with Gasteiger partial charge in [0.1, 0.15) is 0 Å². The van der Waals surface area contributed by atoms with E-state index in [2.05, 4.69) is 10.6 Å². The topological polar surface area (TPSA) is 70.6 Å². The van der Waals surface area contributed by atoms with Gasteiger partial charge < -0.3 is 10.6 Å². The number of halogens is 1. The van der Waals surface area contributed by atoms with Crippen molar-refractivity contribution in [3.63, 3.8) is 0 Å². The van der Waals surface area contributed by atoms with Crippen LogP contribution in [0.25, 0.3) is 0 Å². The lowest BCUT2D eigenvalue weighted by Gasteiger charge is -2.27. The summed E-state index contributed by atoms with van der Waals surface area (Å²) in [4.78, 5) is 4.83. The number of guanidine groups is 1. The molecule has 0 radical (unpaired) electrons. The van der Waals surface area contributed by atoms with Crippen molar-refractivity contribution in [1.29, 1.82) is 0 Å². The number of nitrogens with zero attached hydrogens (tertiary/aromatic N) is 1. The second kappa shape index (κ2) is 9.63. The molecule has 1 aliphatic heterocycles. The fourth-order valence-electron chi connectivity index (χ4n) is 5.62. The standard InChI is InChI=1S/C20H35N3O2S.HI/c24-26(25)9-8-17(14-26)13-22-20(21-12-15-4-2-1-3-5-15)23-19-11-16-6-7-18(19)10-16;/h15-19H,1-14H2,(H2,21,22,23);1H. The molecule has 3 saturated carbocycles. The molecule has 4 rings (SSSR count).